The molecule has 0 aliphatic rings. The molecule has 1 amide bonds. The predicted molar refractivity (Wildman–Crippen MR) is 94.8 cm³/mol. The Morgan fingerprint density at radius 2 is 1.50 bits per heavy atom. The Balaban J connectivity index is 3.28. The van der Waals surface area contributed by atoms with Gasteiger partial charge < -0.3 is 0 Å². The zero-order chi connectivity index (χ0) is 17.1. The average Bonchev–Trinajstić information content (AvgIpc) is 2.35. The molecule has 0 saturated carbocycles. The minimum atomic E-state index is -2.52. The first kappa shape index (κ1) is 19.2. The molecule has 1 rings (SSSR count). The first-order chi connectivity index (χ1) is 10.0. The quantitative estimate of drug-likeness (QED) is 0.506. The predicted octanol–water partition coefficient (Wildman–Crippen LogP) is 4.73. The fourth-order valence-electron chi connectivity index (χ4n) is 2.67. The van der Waals surface area contributed by atoms with Crippen LogP contribution in [-0.4, -0.2) is 41.3 Å². The number of halogens is 1. The molecular weight excluding hydrogens is 384 g/mol. The van der Waals surface area contributed by atoms with Crippen molar-refractivity contribution >= 4 is 27.9 Å². The Kier molecular flexibility index (Phi) is 6.65. The second kappa shape index (κ2) is 7.62. The molecular formula is C18H28FNOSn. The van der Waals surface area contributed by atoms with E-state index in [0.29, 0.717) is 0 Å². The Morgan fingerprint density at radius 3 is 1.86 bits per heavy atom. The molecule has 0 N–H and O–H groups in total. The zero-order valence-corrected chi connectivity index (χ0v) is 17.6. The molecule has 1 aromatic rings. The van der Waals surface area contributed by atoms with Gasteiger partial charge in [-0.05, 0) is 0 Å². The monoisotopic (exact) mass is 413 g/mol. The summed E-state index contributed by atoms with van der Waals surface area (Å²) in [6, 6.07) is 6.82. The first-order valence-electron chi connectivity index (χ1n) is 7.84. The van der Waals surface area contributed by atoms with Crippen molar-refractivity contribution in [3.05, 3.63) is 41.7 Å². The van der Waals surface area contributed by atoms with Crippen LogP contribution >= 0.6 is 0 Å². The van der Waals surface area contributed by atoms with Crippen LogP contribution in [0.4, 0.5) is 4.39 Å². The van der Waals surface area contributed by atoms with E-state index in [1.54, 1.807) is 18.2 Å². The Hall–Kier alpha value is -0.841. The van der Waals surface area contributed by atoms with E-state index in [1.165, 1.54) is 12.1 Å². The molecule has 4 heteroatoms. The van der Waals surface area contributed by atoms with Gasteiger partial charge in [-0.25, -0.2) is 0 Å². The van der Waals surface area contributed by atoms with Crippen LogP contribution in [0.5, 0.6) is 0 Å². The van der Waals surface area contributed by atoms with Gasteiger partial charge in [-0.3, -0.25) is 0 Å². The van der Waals surface area contributed by atoms with Crippen LogP contribution in [-0.2, 0) is 4.79 Å². The summed E-state index contributed by atoms with van der Waals surface area (Å²) in [5, 5.41) is 0. The molecule has 0 radical (unpaired) electrons. The third kappa shape index (κ3) is 5.11. The molecule has 122 valence electrons. The van der Waals surface area contributed by atoms with Crippen LogP contribution in [0, 0.1) is 5.82 Å². The summed E-state index contributed by atoms with van der Waals surface area (Å²) in [5.41, 5.74) is 0.977. The molecule has 0 unspecified atom stereocenters. The van der Waals surface area contributed by atoms with E-state index in [2.05, 4.69) is 14.8 Å². The number of hydrogen-bond donors (Lipinski definition) is 0. The Morgan fingerprint density at radius 1 is 1.05 bits per heavy atom. The Bertz CT molecular complexity index is 533. The molecule has 22 heavy (non-hydrogen) atoms. The topological polar surface area (TPSA) is 20.3 Å². The van der Waals surface area contributed by atoms with Crippen molar-refractivity contribution in [1.29, 1.82) is 0 Å². The van der Waals surface area contributed by atoms with E-state index in [4.69, 9.17) is 0 Å². The second-order valence-corrected chi connectivity index (χ2v) is 21.6. The molecule has 0 spiro atoms. The molecule has 0 heterocycles. The Labute approximate surface area is 138 Å². The molecule has 1 aromatic carbocycles. The fraction of sp³-hybridized carbons (Fsp3) is 0.500. The van der Waals surface area contributed by atoms with Gasteiger partial charge in [0.15, 0.2) is 0 Å². The van der Waals surface area contributed by atoms with Crippen LogP contribution in [0.2, 0.25) is 14.8 Å². The number of amides is 1. The number of benzene rings is 1. The third-order valence-corrected chi connectivity index (χ3v) is 9.45. The molecule has 0 aliphatic carbocycles. The van der Waals surface area contributed by atoms with Gasteiger partial charge in [-0.2, -0.15) is 0 Å². The summed E-state index contributed by atoms with van der Waals surface area (Å²) in [5.74, 6) is -0.194. The van der Waals surface area contributed by atoms with Crippen LogP contribution < -0.4 is 0 Å². The molecule has 2 nitrogen and oxygen atoms in total. The molecule has 0 bridgehead atoms. The SMILES string of the molecule is CC(C)N(C(=O)/C=[C](/c1ccc(F)cc1)[Sn]([CH3])([CH3])[CH3])C(C)C. The third-order valence-electron chi connectivity index (χ3n) is 3.60. The summed E-state index contributed by atoms with van der Waals surface area (Å²) < 4.78 is 14.3. The summed E-state index contributed by atoms with van der Waals surface area (Å²) in [6.07, 6.45) is 1.79. The molecule has 0 atom stereocenters. The van der Waals surface area contributed by atoms with Gasteiger partial charge in [0.1, 0.15) is 0 Å². The molecule has 0 fully saturated rings. The van der Waals surface area contributed by atoms with Crippen molar-refractivity contribution in [2.45, 2.75) is 54.6 Å². The van der Waals surface area contributed by atoms with E-state index >= 15 is 0 Å². The van der Waals surface area contributed by atoms with Gasteiger partial charge in [0.2, 0.25) is 0 Å². The van der Waals surface area contributed by atoms with E-state index < -0.39 is 18.4 Å². The van der Waals surface area contributed by atoms with E-state index in [9.17, 15) is 9.18 Å². The van der Waals surface area contributed by atoms with Gasteiger partial charge in [-0.1, -0.05) is 0 Å². The van der Waals surface area contributed by atoms with Crippen molar-refractivity contribution in [2.24, 2.45) is 0 Å². The number of hydrogen-bond acceptors (Lipinski definition) is 1. The van der Waals surface area contributed by atoms with Gasteiger partial charge in [0, 0.05) is 0 Å². The van der Waals surface area contributed by atoms with E-state index in [1.807, 2.05) is 32.6 Å². The average molecular weight is 412 g/mol. The number of rotatable bonds is 5. The second-order valence-electron chi connectivity index (χ2n) is 7.25. The van der Waals surface area contributed by atoms with Crippen molar-refractivity contribution in [2.75, 3.05) is 0 Å². The first-order valence-corrected chi connectivity index (χ1v) is 17.8. The summed E-state index contributed by atoms with van der Waals surface area (Å²) in [6.45, 7) is 8.13. The normalized spacial score (nSPS) is 12.9. The van der Waals surface area contributed by atoms with Crippen LogP contribution in [0.3, 0.4) is 0 Å². The maximum absolute atomic E-state index is 13.2. The maximum atomic E-state index is 13.2. The van der Waals surface area contributed by atoms with Gasteiger partial charge in [0.25, 0.3) is 0 Å². The van der Waals surface area contributed by atoms with Gasteiger partial charge in [0.05, 0.1) is 0 Å². The minimum absolute atomic E-state index is 0.0518. The van der Waals surface area contributed by atoms with Crippen LogP contribution in [0.15, 0.2) is 30.3 Å². The summed E-state index contributed by atoms with van der Waals surface area (Å²) >= 11 is -2.52. The van der Waals surface area contributed by atoms with Crippen LogP contribution in [0.1, 0.15) is 33.3 Å². The molecule has 0 aromatic heterocycles. The standard InChI is InChI=1S/C15H19FNO.3CH3.Sn/c1-11(2)17(12(3)4)15(18)10-7-13-5-8-14(16)9-6-13;;;;/h5-6,8-12H,1-4H3;3*1H3;. The number of carbonyl (C=O) groups is 1. The van der Waals surface area contributed by atoms with Crippen molar-refractivity contribution in [3.63, 3.8) is 0 Å². The van der Waals surface area contributed by atoms with E-state index in [-0.39, 0.29) is 23.8 Å². The van der Waals surface area contributed by atoms with Crippen molar-refractivity contribution in [1.82, 2.24) is 4.90 Å². The van der Waals surface area contributed by atoms with Gasteiger partial charge in [-0.15, -0.1) is 0 Å². The summed E-state index contributed by atoms with van der Waals surface area (Å²) in [4.78, 5) is 21.4. The zero-order valence-electron chi connectivity index (χ0n) is 14.8. The van der Waals surface area contributed by atoms with E-state index in [0.717, 1.165) is 9.15 Å². The molecule has 0 saturated heterocycles. The van der Waals surface area contributed by atoms with Crippen molar-refractivity contribution < 1.29 is 9.18 Å². The molecule has 0 aliphatic heterocycles. The van der Waals surface area contributed by atoms with Crippen molar-refractivity contribution in [3.8, 4) is 0 Å². The fourth-order valence-corrected chi connectivity index (χ4v) is 7.20. The number of nitrogens with zero attached hydrogens (tertiary/aromatic N) is 1. The van der Waals surface area contributed by atoms with Crippen LogP contribution in [0.25, 0.3) is 3.59 Å². The number of carbonyl (C=O) groups excluding carboxylic acids is 1. The summed E-state index contributed by atoms with van der Waals surface area (Å²) in [7, 11) is 0. The van der Waals surface area contributed by atoms with Gasteiger partial charge >= 0.3 is 138 Å².